The Morgan fingerprint density at radius 1 is 1.44 bits per heavy atom. The fourth-order valence-corrected chi connectivity index (χ4v) is 2.31. The van der Waals surface area contributed by atoms with Gasteiger partial charge < -0.3 is 0 Å². The van der Waals surface area contributed by atoms with Crippen LogP contribution in [0.5, 0.6) is 0 Å². The second-order valence-corrected chi connectivity index (χ2v) is 5.51. The Kier molecular flexibility index (Phi) is 4.36. The molecular weight excluding hydrogens is 264 g/mol. The zero-order valence-corrected chi connectivity index (χ0v) is 11.4. The van der Waals surface area contributed by atoms with E-state index in [1.165, 1.54) is 31.5 Å². The number of aromatic nitrogens is 1. The maximum atomic E-state index is 4.43. The summed E-state index contributed by atoms with van der Waals surface area (Å²) in [6, 6.07) is 4.17. The highest BCUT2D eigenvalue weighted by Gasteiger charge is 2.20. The summed E-state index contributed by atoms with van der Waals surface area (Å²) in [5.74, 6) is 0.940. The van der Waals surface area contributed by atoms with Crippen LogP contribution in [0.2, 0.25) is 0 Å². The van der Waals surface area contributed by atoms with E-state index in [2.05, 4.69) is 44.9 Å². The predicted octanol–water partition coefficient (Wildman–Crippen LogP) is 3.47. The molecule has 1 heterocycles. The summed E-state index contributed by atoms with van der Waals surface area (Å²) in [4.78, 5) is 6.93. The zero-order chi connectivity index (χ0) is 11.4. The lowest BCUT2D eigenvalue weighted by atomic mass is 9.85. The molecule has 2 nitrogen and oxygen atoms in total. The maximum absolute atomic E-state index is 4.43. The van der Waals surface area contributed by atoms with Crippen molar-refractivity contribution in [3.05, 3.63) is 28.5 Å². The molecule has 0 amide bonds. The smallest absolute Gasteiger partial charge is 0.0544 e. The molecule has 0 aromatic carbocycles. The monoisotopic (exact) mass is 282 g/mol. The Bertz CT molecular complexity index is 319. The molecule has 0 saturated heterocycles. The van der Waals surface area contributed by atoms with Crippen LogP contribution in [-0.2, 0) is 6.54 Å². The van der Waals surface area contributed by atoms with E-state index in [0.717, 1.165) is 23.5 Å². The summed E-state index contributed by atoms with van der Waals surface area (Å²) in [6.45, 7) is 5.58. The van der Waals surface area contributed by atoms with Crippen LogP contribution in [0.25, 0.3) is 0 Å². The third kappa shape index (κ3) is 3.29. The Balaban J connectivity index is 1.87. The number of halogens is 1. The van der Waals surface area contributed by atoms with Gasteiger partial charge in [-0.25, -0.2) is 0 Å². The minimum absolute atomic E-state index is 0.940. The van der Waals surface area contributed by atoms with E-state index >= 15 is 0 Å². The summed E-state index contributed by atoms with van der Waals surface area (Å²) in [5.41, 5.74) is 1.17. The average Bonchev–Trinajstić information content (AvgIpc) is 2.24. The summed E-state index contributed by atoms with van der Waals surface area (Å²) in [7, 11) is 0. The summed E-state index contributed by atoms with van der Waals surface area (Å²) < 4.78 is 1.05. The van der Waals surface area contributed by atoms with Gasteiger partial charge in [-0.05, 0) is 53.4 Å². The van der Waals surface area contributed by atoms with Gasteiger partial charge in [0.25, 0.3) is 0 Å². The largest absolute Gasteiger partial charge is 0.298 e. The molecule has 3 heteroatoms. The van der Waals surface area contributed by atoms with E-state index in [4.69, 9.17) is 0 Å². The van der Waals surface area contributed by atoms with Crippen molar-refractivity contribution in [3.63, 3.8) is 0 Å². The molecule has 0 N–H and O–H groups in total. The van der Waals surface area contributed by atoms with Crippen molar-refractivity contribution in [2.75, 3.05) is 13.1 Å². The average molecular weight is 283 g/mol. The van der Waals surface area contributed by atoms with Crippen LogP contribution < -0.4 is 0 Å². The fourth-order valence-electron chi connectivity index (χ4n) is 2.08. The standard InChI is InChI=1S/C13H19BrN2/c1-2-16(9-11-4-3-5-11)10-13-7-6-12(14)8-15-13/h6-8,11H,2-5,9-10H2,1H3. The molecule has 1 fully saturated rings. The van der Waals surface area contributed by atoms with Gasteiger partial charge >= 0.3 is 0 Å². The van der Waals surface area contributed by atoms with Gasteiger partial charge in [-0.3, -0.25) is 9.88 Å². The maximum Gasteiger partial charge on any atom is 0.0544 e. The summed E-state index contributed by atoms with van der Waals surface area (Å²) in [6.07, 6.45) is 6.15. The van der Waals surface area contributed by atoms with Crippen molar-refractivity contribution in [2.45, 2.75) is 32.7 Å². The van der Waals surface area contributed by atoms with Gasteiger partial charge in [0.15, 0.2) is 0 Å². The Hall–Kier alpha value is -0.410. The van der Waals surface area contributed by atoms with Gasteiger partial charge in [0.05, 0.1) is 5.69 Å². The van der Waals surface area contributed by atoms with Crippen LogP contribution in [0.15, 0.2) is 22.8 Å². The predicted molar refractivity (Wildman–Crippen MR) is 70.2 cm³/mol. The molecular formula is C13H19BrN2. The number of rotatable bonds is 5. The highest BCUT2D eigenvalue weighted by molar-refractivity contribution is 9.10. The first-order valence-corrected chi connectivity index (χ1v) is 6.90. The van der Waals surface area contributed by atoms with Gasteiger partial charge in [-0.15, -0.1) is 0 Å². The molecule has 1 aromatic rings. The van der Waals surface area contributed by atoms with E-state index in [0.29, 0.717) is 0 Å². The van der Waals surface area contributed by atoms with Crippen molar-refractivity contribution in [3.8, 4) is 0 Å². The molecule has 0 bridgehead atoms. The molecule has 2 rings (SSSR count). The van der Waals surface area contributed by atoms with E-state index in [1.807, 2.05) is 6.20 Å². The summed E-state index contributed by atoms with van der Waals surface area (Å²) >= 11 is 3.41. The molecule has 0 radical (unpaired) electrons. The van der Waals surface area contributed by atoms with Crippen LogP contribution in [0.1, 0.15) is 31.9 Å². The lowest BCUT2D eigenvalue weighted by molar-refractivity contribution is 0.177. The number of pyridine rings is 1. The number of hydrogen-bond acceptors (Lipinski definition) is 2. The van der Waals surface area contributed by atoms with Gasteiger partial charge in [0.1, 0.15) is 0 Å². The third-order valence-corrected chi connectivity index (χ3v) is 3.83. The molecule has 0 unspecified atom stereocenters. The van der Waals surface area contributed by atoms with Crippen LogP contribution in [-0.4, -0.2) is 23.0 Å². The minimum atomic E-state index is 0.940. The van der Waals surface area contributed by atoms with E-state index in [9.17, 15) is 0 Å². The summed E-state index contributed by atoms with van der Waals surface area (Å²) in [5, 5.41) is 0. The quantitative estimate of drug-likeness (QED) is 0.822. The minimum Gasteiger partial charge on any atom is -0.298 e. The SMILES string of the molecule is CCN(Cc1ccc(Br)cn1)CC1CCC1. The molecule has 0 spiro atoms. The van der Waals surface area contributed by atoms with Crippen molar-refractivity contribution >= 4 is 15.9 Å². The van der Waals surface area contributed by atoms with Crippen LogP contribution in [0, 0.1) is 5.92 Å². The zero-order valence-electron chi connectivity index (χ0n) is 9.82. The van der Waals surface area contributed by atoms with Gasteiger partial charge in [0.2, 0.25) is 0 Å². The van der Waals surface area contributed by atoms with Crippen LogP contribution >= 0.6 is 15.9 Å². The normalized spacial score (nSPS) is 16.4. The lowest BCUT2D eigenvalue weighted by Gasteiger charge is -2.31. The van der Waals surface area contributed by atoms with Gasteiger partial charge in [-0.2, -0.15) is 0 Å². The lowest BCUT2D eigenvalue weighted by Crippen LogP contribution is -2.32. The Morgan fingerprint density at radius 2 is 2.25 bits per heavy atom. The van der Waals surface area contributed by atoms with E-state index in [1.54, 1.807) is 0 Å². The molecule has 0 aliphatic heterocycles. The molecule has 0 atom stereocenters. The van der Waals surface area contributed by atoms with Crippen molar-refractivity contribution in [1.82, 2.24) is 9.88 Å². The topological polar surface area (TPSA) is 16.1 Å². The van der Waals surface area contributed by atoms with Gasteiger partial charge in [-0.1, -0.05) is 13.3 Å². The van der Waals surface area contributed by atoms with Crippen molar-refractivity contribution in [2.24, 2.45) is 5.92 Å². The number of nitrogens with zero attached hydrogens (tertiary/aromatic N) is 2. The fraction of sp³-hybridized carbons (Fsp3) is 0.615. The van der Waals surface area contributed by atoms with Crippen LogP contribution in [0.4, 0.5) is 0 Å². The van der Waals surface area contributed by atoms with Crippen molar-refractivity contribution in [1.29, 1.82) is 0 Å². The van der Waals surface area contributed by atoms with Gasteiger partial charge in [0, 0.05) is 23.8 Å². The highest BCUT2D eigenvalue weighted by Crippen LogP contribution is 2.27. The molecule has 16 heavy (non-hydrogen) atoms. The third-order valence-electron chi connectivity index (χ3n) is 3.36. The van der Waals surface area contributed by atoms with E-state index < -0.39 is 0 Å². The Labute approximate surface area is 106 Å². The van der Waals surface area contributed by atoms with E-state index in [-0.39, 0.29) is 0 Å². The second-order valence-electron chi connectivity index (χ2n) is 4.59. The first-order chi connectivity index (χ1) is 7.78. The first-order valence-electron chi connectivity index (χ1n) is 6.10. The molecule has 1 aliphatic rings. The molecule has 1 aromatic heterocycles. The molecule has 1 aliphatic carbocycles. The first kappa shape index (κ1) is 12.1. The molecule has 88 valence electrons. The Morgan fingerprint density at radius 3 is 2.75 bits per heavy atom. The van der Waals surface area contributed by atoms with Crippen molar-refractivity contribution < 1.29 is 0 Å². The number of hydrogen-bond donors (Lipinski definition) is 0. The molecule has 1 saturated carbocycles. The highest BCUT2D eigenvalue weighted by atomic mass is 79.9. The van der Waals surface area contributed by atoms with Crippen LogP contribution in [0.3, 0.4) is 0 Å². The second kappa shape index (κ2) is 5.78.